The molecule has 0 atom stereocenters. The molecule has 0 spiro atoms. The van der Waals surface area contributed by atoms with E-state index < -0.39 is 0 Å². The van der Waals surface area contributed by atoms with E-state index in [0.29, 0.717) is 0 Å². The fraction of sp³-hybridized carbons (Fsp3) is 0.938. The van der Waals surface area contributed by atoms with Crippen molar-refractivity contribution in [2.24, 2.45) is 10.9 Å². The van der Waals surface area contributed by atoms with Crippen molar-refractivity contribution in [3.8, 4) is 0 Å². The van der Waals surface area contributed by atoms with Gasteiger partial charge in [0.2, 0.25) is 0 Å². The second kappa shape index (κ2) is 10.6. The van der Waals surface area contributed by atoms with E-state index in [1.54, 1.807) is 0 Å². The zero-order valence-corrected chi connectivity index (χ0v) is 16.1. The molecule has 124 valence electrons. The summed E-state index contributed by atoms with van der Waals surface area (Å²) in [5, 5.41) is 6.83. The number of halogens is 1. The predicted molar refractivity (Wildman–Crippen MR) is 102 cm³/mol. The van der Waals surface area contributed by atoms with Crippen LogP contribution in [0, 0.1) is 5.92 Å². The van der Waals surface area contributed by atoms with Crippen LogP contribution in [0.25, 0.3) is 0 Å². The van der Waals surface area contributed by atoms with Crippen LogP contribution < -0.4 is 10.6 Å². The van der Waals surface area contributed by atoms with E-state index >= 15 is 0 Å². The summed E-state index contributed by atoms with van der Waals surface area (Å²) < 4.78 is 0. The van der Waals surface area contributed by atoms with Crippen molar-refractivity contribution in [1.82, 2.24) is 15.5 Å². The van der Waals surface area contributed by atoms with Crippen LogP contribution in [0.5, 0.6) is 0 Å². The van der Waals surface area contributed by atoms with Crippen molar-refractivity contribution >= 4 is 29.9 Å². The molecule has 0 amide bonds. The lowest BCUT2D eigenvalue weighted by Crippen LogP contribution is -2.40. The fourth-order valence-corrected chi connectivity index (χ4v) is 3.02. The molecule has 2 fully saturated rings. The minimum absolute atomic E-state index is 0. The highest BCUT2D eigenvalue weighted by atomic mass is 127. The standard InChI is InChI=1S/C16H32N4.HI/c1-17-16(19-13-14-9-10-14)18-11-6-12-20(2)15-7-4-3-5-8-15;/h14-15H,3-13H2,1-2H3,(H2,17,18,19);1H. The maximum Gasteiger partial charge on any atom is 0.190 e. The molecule has 2 aliphatic rings. The number of aliphatic imine (C=N–C) groups is 1. The summed E-state index contributed by atoms with van der Waals surface area (Å²) in [6, 6.07) is 0.830. The van der Waals surface area contributed by atoms with Gasteiger partial charge in [0, 0.05) is 26.2 Å². The van der Waals surface area contributed by atoms with Gasteiger partial charge in [0.05, 0.1) is 0 Å². The molecule has 0 aromatic heterocycles. The smallest absolute Gasteiger partial charge is 0.190 e. The molecular formula is C16H33IN4. The normalized spacial score (nSPS) is 20.2. The SMILES string of the molecule is CN=C(NCCCN(C)C1CCCCC1)NCC1CC1.I. The van der Waals surface area contributed by atoms with E-state index in [1.807, 2.05) is 7.05 Å². The van der Waals surface area contributed by atoms with Crippen LogP contribution in [0.3, 0.4) is 0 Å². The summed E-state index contributed by atoms with van der Waals surface area (Å²) in [4.78, 5) is 6.83. The number of hydrogen-bond donors (Lipinski definition) is 2. The molecule has 0 bridgehead atoms. The summed E-state index contributed by atoms with van der Waals surface area (Å²) in [7, 11) is 4.15. The van der Waals surface area contributed by atoms with Gasteiger partial charge >= 0.3 is 0 Å². The molecule has 2 N–H and O–H groups in total. The molecule has 0 heterocycles. The van der Waals surface area contributed by atoms with Crippen molar-refractivity contribution < 1.29 is 0 Å². The molecule has 0 aliphatic heterocycles. The van der Waals surface area contributed by atoms with E-state index in [0.717, 1.165) is 31.0 Å². The topological polar surface area (TPSA) is 39.7 Å². The van der Waals surface area contributed by atoms with Crippen molar-refractivity contribution in [3.63, 3.8) is 0 Å². The number of nitrogens with zero attached hydrogens (tertiary/aromatic N) is 2. The molecule has 2 rings (SSSR count). The van der Waals surface area contributed by atoms with E-state index in [4.69, 9.17) is 0 Å². The van der Waals surface area contributed by atoms with Gasteiger partial charge in [0.15, 0.2) is 5.96 Å². The Hall–Kier alpha value is -0.0400. The molecule has 2 saturated carbocycles. The Bertz CT molecular complexity index is 299. The zero-order chi connectivity index (χ0) is 14.2. The highest BCUT2D eigenvalue weighted by molar-refractivity contribution is 14.0. The minimum atomic E-state index is 0. The lowest BCUT2D eigenvalue weighted by Gasteiger charge is -2.31. The highest BCUT2D eigenvalue weighted by Crippen LogP contribution is 2.27. The quantitative estimate of drug-likeness (QED) is 0.295. The molecular weight excluding hydrogens is 375 g/mol. The Labute approximate surface area is 147 Å². The maximum atomic E-state index is 4.28. The second-order valence-electron chi connectivity index (χ2n) is 6.45. The lowest BCUT2D eigenvalue weighted by molar-refractivity contribution is 0.190. The average Bonchev–Trinajstić information content (AvgIpc) is 3.31. The molecule has 5 heteroatoms. The van der Waals surface area contributed by atoms with E-state index in [1.165, 1.54) is 57.9 Å². The Morgan fingerprint density at radius 1 is 1.10 bits per heavy atom. The third kappa shape index (κ3) is 7.68. The molecule has 0 unspecified atom stereocenters. The molecule has 21 heavy (non-hydrogen) atoms. The van der Waals surface area contributed by atoms with Crippen molar-refractivity contribution in [1.29, 1.82) is 0 Å². The van der Waals surface area contributed by atoms with Crippen LogP contribution in [0.2, 0.25) is 0 Å². The van der Waals surface area contributed by atoms with Gasteiger partial charge in [0.1, 0.15) is 0 Å². The summed E-state index contributed by atoms with van der Waals surface area (Å²) in [5.41, 5.74) is 0. The van der Waals surface area contributed by atoms with Gasteiger partial charge in [-0.2, -0.15) is 0 Å². The number of rotatable bonds is 7. The maximum absolute atomic E-state index is 4.28. The molecule has 0 saturated heterocycles. The van der Waals surface area contributed by atoms with Crippen LogP contribution >= 0.6 is 24.0 Å². The summed E-state index contributed by atoms with van der Waals surface area (Å²) >= 11 is 0. The van der Waals surface area contributed by atoms with Gasteiger partial charge in [-0.3, -0.25) is 4.99 Å². The van der Waals surface area contributed by atoms with Gasteiger partial charge in [-0.05, 0) is 51.6 Å². The number of guanidine groups is 1. The average molecular weight is 408 g/mol. The first-order chi connectivity index (χ1) is 9.79. The number of nitrogens with one attached hydrogen (secondary N) is 2. The Balaban J connectivity index is 0.00000220. The molecule has 2 aliphatic carbocycles. The highest BCUT2D eigenvalue weighted by Gasteiger charge is 2.21. The van der Waals surface area contributed by atoms with Crippen LogP contribution in [0.4, 0.5) is 0 Å². The fourth-order valence-electron chi connectivity index (χ4n) is 3.02. The van der Waals surface area contributed by atoms with Crippen LogP contribution in [0.15, 0.2) is 4.99 Å². The molecule has 0 aromatic carbocycles. The van der Waals surface area contributed by atoms with Gasteiger partial charge in [0.25, 0.3) is 0 Å². The third-order valence-corrected chi connectivity index (χ3v) is 4.66. The largest absolute Gasteiger partial charge is 0.356 e. The van der Waals surface area contributed by atoms with Crippen molar-refractivity contribution in [2.75, 3.05) is 33.7 Å². The van der Waals surface area contributed by atoms with Gasteiger partial charge in [-0.15, -0.1) is 24.0 Å². The van der Waals surface area contributed by atoms with Crippen molar-refractivity contribution in [2.45, 2.75) is 57.4 Å². The number of hydrogen-bond acceptors (Lipinski definition) is 2. The van der Waals surface area contributed by atoms with E-state index in [9.17, 15) is 0 Å². The van der Waals surface area contributed by atoms with Gasteiger partial charge in [-0.25, -0.2) is 0 Å². The van der Waals surface area contributed by atoms with Gasteiger partial charge < -0.3 is 15.5 Å². The minimum Gasteiger partial charge on any atom is -0.356 e. The predicted octanol–water partition coefficient (Wildman–Crippen LogP) is 2.83. The Morgan fingerprint density at radius 2 is 1.81 bits per heavy atom. The summed E-state index contributed by atoms with van der Waals surface area (Å²) in [6.45, 7) is 3.29. The monoisotopic (exact) mass is 408 g/mol. The third-order valence-electron chi connectivity index (χ3n) is 4.66. The lowest BCUT2D eigenvalue weighted by atomic mass is 9.94. The Kier molecular flexibility index (Phi) is 9.64. The zero-order valence-electron chi connectivity index (χ0n) is 13.7. The van der Waals surface area contributed by atoms with Crippen LogP contribution in [-0.2, 0) is 0 Å². The van der Waals surface area contributed by atoms with E-state index in [2.05, 4.69) is 27.6 Å². The van der Waals surface area contributed by atoms with Gasteiger partial charge in [-0.1, -0.05) is 19.3 Å². The second-order valence-corrected chi connectivity index (χ2v) is 6.45. The molecule has 4 nitrogen and oxygen atoms in total. The first-order valence-electron chi connectivity index (χ1n) is 8.44. The van der Waals surface area contributed by atoms with E-state index in [-0.39, 0.29) is 24.0 Å². The first kappa shape index (κ1) is 19.0. The molecule has 0 radical (unpaired) electrons. The summed E-state index contributed by atoms with van der Waals surface area (Å²) in [6.07, 6.45) is 11.0. The van der Waals surface area contributed by atoms with Crippen LogP contribution in [0.1, 0.15) is 51.4 Å². The summed E-state index contributed by atoms with van der Waals surface area (Å²) in [5.74, 6) is 1.86. The first-order valence-corrected chi connectivity index (χ1v) is 8.44. The Morgan fingerprint density at radius 3 is 2.43 bits per heavy atom. The molecule has 0 aromatic rings. The van der Waals surface area contributed by atoms with Crippen LogP contribution in [-0.4, -0.2) is 50.6 Å². The van der Waals surface area contributed by atoms with Crippen molar-refractivity contribution in [3.05, 3.63) is 0 Å².